The van der Waals surface area contributed by atoms with Crippen molar-refractivity contribution in [2.45, 2.75) is 118 Å². The molecule has 0 nitrogen and oxygen atoms in total. The Balaban J connectivity index is 0.000000281. The zero-order valence-corrected chi connectivity index (χ0v) is 42.7. The predicted octanol–water partition coefficient (Wildman–Crippen LogP) is 8.17. The molecular formula is C48H64Cl2Si3Zr-2. The Labute approximate surface area is 359 Å². The third kappa shape index (κ3) is 12.4. The molecule has 0 aliphatic heterocycles. The maximum absolute atomic E-state index is 3.78. The van der Waals surface area contributed by atoms with E-state index in [1.54, 1.807) is 5.20 Å². The van der Waals surface area contributed by atoms with E-state index in [-0.39, 0.29) is 35.6 Å². The van der Waals surface area contributed by atoms with Crippen LogP contribution in [-0.4, -0.2) is 27.4 Å². The van der Waals surface area contributed by atoms with Gasteiger partial charge in [-0.15, -0.1) is 46.2 Å². The summed E-state index contributed by atoms with van der Waals surface area (Å²) in [5.74, 6) is 0. The molecule has 0 saturated heterocycles. The first-order valence-electron chi connectivity index (χ1n) is 19.1. The number of benzene rings is 4. The Morgan fingerprint density at radius 3 is 1.26 bits per heavy atom. The van der Waals surface area contributed by atoms with Gasteiger partial charge in [0.25, 0.3) is 0 Å². The quantitative estimate of drug-likeness (QED) is 0.124. The van der Waals surface area contributed by atoms with Crippen LogP contribution < -0.4 is 24.8 Å². The molecule has 5 aromatic rings. The van der Waals surface area contributed by atoms with Gasteiger partial charge in [0.15, 0.2) is 0 Å². The van der Waals surface area contributed by atoms with E-state index in [0.717, 1.165) is 6.42 Å². The topological polar surface area (TPSA) is 0 Å². The zero-order valence-electron chi connectivity index (χ0n) is 35.8. The first-order chi connectivity index (χ1) is 23.9. The van der Waals surface area contributed by atoms with Gasteiger partial charge in [0.2, 0.25) is 0 Å². The third-order valence-electron chi connectivity index (χ3n) is 9.96. The standard InChI is InChI=1S/C21H25.C14H29Si3.C13H10.2ClH.Zr/c1-20(2,3)16-7-9-18-14(12-16)11-15-13-17(21(4,5)6)8-10-19(15)18;1-15(2,3)12-10-11-13(16(4,5)6)14(12)17(7,8)9;1-3-7-12(8-4-1)11-13-9-5-2-6-10-13;;;/h7-13H,1-6H3;10H2,1-9H3;1-10H;2*1H;/q2*-1;;;;+2/p-2. The first kappa shape index (κ1) is 48.4. The first-order valence-corrected chi connectivity index (χ1v) is 30.8. The summed E-state index contributed by atoms with van der Waals surface area (Å²) in [6.07, 6.45) is 4.93. The molecule has 54 heavy (non-hydrogen) atoms. The molecule has 0 saturated carbocycles. The average molecular weight is 887 g/mol. The summed E-state index contributed by atoms with van der Waals surface area (Å²) in [4.78, 5) is 0. The predicted molar refractivity (Wildman–Crippen MR) is 239 cm³/mol. The van der Waals surface area contributed by atoms with Gasteiger partial charge in [-0.2, -0.15) is 5.20 Å². The van der Waals surface area contributed by atoms with E-state index in [9.17, 15) is 0 Å². The Morgan fingerprint density at radius 1 is 0.556 bits per heavy atom. The number of fused-ring (bicyclic) bond motifs is 3. The van der Waals surface area contributed by atoms with Gasteiger partial charge in [0.05, 0.1) is 8.07 Å². The van der Waals surface area contributed by atoms with Gasteiger partial charge >= 0.3 is 99.2 Å². The summed E-state index contributed by atoms with van der Waals surface area (Å²) >= 11 is 1.46. The van der Waals surface area contributed by atoms with Gasteiger partial charge in [-0.25, -0.2) is 10.4 Å². The van der Waals surface area contributed by atoms with E-state index < -0.39 is 24.2 Å². The van der Waals surface area contributed by atoms with E-state index in [0.29, 0.717) is 0 Å². The van der Waals surface area contributed by atoms with Crippen LogP contribution in [0, 0.1) is 6.08 Å². The summed E-state index contributed by atoms with van der Waals surface area (Å²) in [7, 11) is -3.60. The van der Waals surface area contributed by atoms with Gasteiger partial charge < -0.3 is 24.8 Å². The monoisotopic (exact) mass is 884 g/mol. The van der Waals surface area contributed by atoms with Crippen LogP contribution in [0.1, 0.15) is 70.2 Å². The molecule has 0 unspecified atom stereocenters. The van der Waals surface area contributed by atoms with Crippen LogP contribution in [0.3, 0.4) is 0 Å². The van der Waals surface area contributed by atoms with E-state index in [1.807, 2.05) is 10.4 Å². The summed E-state index contributed by atoms with van der Waals surface area (Å²) in [5, 5.41) is 10.8. The second kappa shape index (κ2) is 18.6. The Hall–Kier alpha value is -1.79. The van der Waals surface area contributed by atoms with Crippen molar-refractivity contribution >= 4 is 49.0 Å². The molecule has 0 bridgehead atoms. The van der Waals surface area contributed by atoms with Crippen molar-refractivity contribution in [2.75, 3.05) is 0 Å². The maximum atomic E-state index is 3.78. The van der Waals surface area contributed by atoms with Gasteiger partial charge in [-0.3, -0.25) is 6.08 Å². The zero-order chi connectivity index (χ0) is 38.9. The SMILES string of the molecule is CC(C)(C)c1ccc2c(c1)[cH-]c1cc(C(C)(C)C)ccc12.C[Si](C)(C)C1=[C-]CC([Si](C)(C)C)=C1[Si](C)(C)C.[Cl-].[Cl-].[Zr+2]=[C](c1ccccc1)c1ccccc1. The van der Waals surface area contributed by atoms with Crippen molar-refractivity contribution in [2.24, 2.45) is 0 Å². The van der Waals surface area contributed by atoms with Gasteiger partial charge in [0.1, 0.15) is 0 Å². The fourth-order valence-electron chi connectivity index (χ4n) is 6.94. The fourth-order valence-corrected chi connectivity index (χ4v) is 17.2. The molecule has 0 aromatic heterocycles. The molecule has 0 fully saturated rings. The number of hydrogen-bond acceptors (Lipinski definition) is 0. The van der Waals surface area contributed by atoms with E-state index in [4.69, 9.17) is 0 Å². The molecule has 1 aliphatic carbocycles. The van der Waals surface area contributed by atoms with Gasteiger partial charge in [-0.05, 0) is 18.9 Å². The van der Waals surface area contributed by atoms with Crippen molar-refractivity contribution in [1.29, 1.82) is 0 Å². The molecular weight excluding hydrogens is 823 g/mol. The molecule has 5 aromatic carbocycles. The molecule has 288 valence electrons. The van der Waals surface area contributed by atoms with Crippen molar-refractivity contribution < 1.29 is 49.0 Å². The molecule has 0 spiro atoms. The Bertz CT molecular complexity index is 1960. The van der Waals surface area contributed by atoms with Crippen LogP contribution in [0.4, 0.5) is 0 Å². The molecule has 1 aliphatic rings. The number of halogens is 2. The third-order valence-corrected chi connectivity index (χ3v) is 18.1. The normalized spacial score (nSPS) is 13.6. The van der Waals surface area contributed by atoms with E-state index >= 15 is 0 Å². The Kier molecular flexibility index (Phi) is 16.7. The van der Waals surface area contributed by atoms with Gasteiger partial charge in [0, 0.05) is 8.07 Å². The minimum absolute atomic E-state index is 0. The van der Waals surface area contributed by atoms with Crippen LogP contribution in [0.5, 0.6) is 0 Å². The molecule has 0 heterocycles. The fraction of sp³-hybridized carbons (Fsp3) is 0.375. The molecule has 6 rings (SSSR count). The van der Waals surface area contributed by atoms with Gasteiger partial charge in [-0.1, -0.05) is 136 Å². The second-order valence-electron chi connectivity index (χ2n) is 19.7. The minimum atomic E-state index is -1.22. The van der Waals surface area contributed by atoms with Crippen molar-refractivity contribution in [3.05, 3.63) is 147 Å². The molecule has 0 N–H and O–H groups in total. The van der Waals surface area contributed by atoms with Crippen LogP contribution in [0.2, 0.25) is 58.9 Å². The van der Waals surface area contributed by atoms with Crippen molar-refractivity contribution in [3.8, 4) is 0 Å². The summed E-state index contributed by atoms with van der Waals surface area (Å²) < 4.78 is 1.42. The van der Waals surface area contributed by atoms with Crippen LogP contribution in [0.25, 0.3) is 21.5 Å². The summed E-state index contributed by atoms with van der Waals surface area (Å²) in [5.41, 5.74) is 5.87. The van der Waals surface area contributed by atoms with Crippen LogP contribution in [-0.2, 0) is 35.1 Å². The average Bonchev–Trinajstić information content (AvgIpc) is 3.68. The molecule has 0 radical (unpaired) electrons. The van der Waals surface area contributed by atoms with Crippen molar-refractivity contribution in [1.82, 2.24) is 0 Å². The molecule has 6 heteroatoms. The number of allylic oxidation sites excluding steroid dienone is 4. The molecule has 0 atom stereocenters. The molecule has 0 amide bonds. The van der Waals surface area contributed by atoms with E-state index in [1.165, 1.54) is 71.2 Å². The van der Waals surface area contributed by atoms with Crippen molar-refractivity contribution in [3.63, 3.8) is 0 Å². The van der Waals surface area contributed by atoms with E-state index in [2.05, 4.69) is 210 Å². The van der Waals surface area contributed by atoms with Crippen LogP contribution >= 0.6 is 0 Å². The second-order valence-corrected chi connectivity index (χ2v) is 36.0. The Morgan fingerprint density at radius 2 is 0.944 bits per heavy atom. The van der Waals surface area contributed by atoms with Crippen LogP contribution in [0.15, 0.2) is 119 Å². The summed E-state index contributed by atoms with van der Waals surface area (Å²) in [6, 6.07) is 37.3. The summed E-state index contributed by atoms with van der Waals surface area (Å²) in [6.45, 7) is 36.1. The number of rotatable bonds is 5. The number of hydrogen-bond donors (Lipinski definition) is 0.